The van der Waals surface area contributed by atoms with Crippen molar-refractivity contribution < 1.29 is 29.0 Å². The molecule has 0 aromatic carbocycles. The van der Waals surface area contributed by atoms with E-state index in [9.17, 15) is 14.4 Å². The molecule has 0 aliphatic rings. The summed E-state index contributed by atoms with van der Waals surface area (Å²) in [6.07, 6.45) is 0.513. The van der Waals surface area contributed by atoms with Gasteiger partial charge in [-0.05, 0) is 19.8 Å². The number of carbonyl (C=O) groups excluding carboxylic acids is 2. The normalized spacial score (nSPS) is 13.2. The topological polar surface area (TPSA) is 114 Å². The minimum Gasteiger partial charge on any atom is -0.480 e. The molecule has 0 saturated heterocycles. The molecule has 0 radical (unpaired) electrons. The molecule has 2 amide bonds. The molecule has 0 bridgehead atoms. The zero-order chi connectivity index (χ0) is 15.5. The standard InChI is InChI=1S/C12H22N2O6/c1-8(6-7-19-2)13-12(18)14-9(11(16)17)4-5-10(15)20-3/h8-9H,4-7H2,1-3H3,(H,16,17)(H2,13,14,18)/t8?,9-/m1/s1. The van der Waals surface area contributed by atoms with E-state index < -0.39 is 24.0 Å². The molecule has 0 rings (SSSR count). The second-order valence-electron chi connectivity index (χ2n) is 4.31. The molecule has 0 fully saturated rings. The Morgan fingerprint density at radius 3 is 2.30 bits per heavy atom. The number of ether oxygens (including phenoxy) is 2. The Hall–Kier alpha value is -1.83. The number of amides is 2. The van der Waals surface area contributed by atoms with Gasteiger partial charge in [-0.15, -0.1) is 0 Å². The number of carboxylic acids is 1. The summed E-state index contributed by atoms with van der Waals surface area (Å²) in [7, 11) is 2.77. The van der Waals surface area contributed by atoms with Crippen molar-refractivity contribution in [1.82, 2.24) is 10.6 Å². The van der Waals surface area contributed by atoms with Crippen LogP contribution in [0.25, 0.3) is 0 Å². The molecule has 8 nitrogen and oxygen atoms in total. The van der Waals surface area contributed by atoms with Gasteiger partial charge in [0.2, 0.25) is 0 Å². The van der Waals surface area contributed by atoms with Crippen molar-refractivity contribution >= 4 is 18.0 Å². The second kappa shape index (κ2) is 10.0. The molecule has 0 aromatic heterocycles. The molecular weight excluding hydrogens is 268 g/mol. The number of hydrogen-bond acceptors (Lipinski definition) is 5. The maximum Gasteiger partial charge on any atom is 0.326 e. The fourth-order valence-corrected chi connectivity index (χ4v) is 1.41. The van der Waals surface area contributed by atoms with Crippen LogP contribution in [0.4, 0.5) is 4.79 Å². The summed E-state index contributed by atoms with van der Waals surface area (Å²) in [5, 5.41) is 13.9. The van der Waals surface area contributed by atoms with E-state index in [0.717, 1.165) is 0 Å². The number of carbonyl (C=O) groups is 3. The predicted octanol–water partition coefficient (Wildman–Crippen LogP) is 0.117. The van der Waals surface area contributed by atoms with Crippen molar-refractivity contribution in [2.24, 2.45) is 0 Å². The third-order valence-corrected chi connectivity index (χ3v) is 2.60. The summed E-state index contributed by atoms with van der Waals surface area (Å²) in [5.74, 6) is -1.72. The Labute approximate surface area is 117 Å². The molecule has 0 spiro atoms. The minimum absolute atomic E-state index is 0.0259. The van der Waals surface area contributed by atoms with Crippen LogP contribution in [0.2, 0.25) is 0 Å². The highest BCUT2D eigenvalue weighted by Crippen LogP contribution is 2.00. The monoisotopic (exact) mass is 290 g/mol. The number of nitrogens with one attached hydrogen (secondary N) is 2. The number of rotatable bonds is 9. The van der Waals surface area contributed by atoms with E-state index in [1.54, 1.807) is 14.0 Å². The number of urea groups is 1. The largest absolute Gasteiger partial charge is 0.480 e. The molecule has 116 valence electrons. The lowest BCUT2D eigenvalue weighted by Crippen LogP contribution is -2.48. The van der Waals surface area contributed by atoms with Crippen molar-refractivity contribution in [2.75, 3.05) is 20.8 Å². The van der Waals surface area contributed by atoms with Gasteiger partial charge in [0, 0.05) is 26.2 Å². The molecule has 0 aliphatic heterocycles. The Morgan fingerprint density at radius 1 is 1.15 bits per heavy atom. The fraction of sp³-hybridized carbons (Fsp3) is 0.750. The first kappa shape index (κ1) is 18.2. The van der Waals surface area contributed by atoms with Crippen LogP contribution in [0, 0.1) is 0 Å². The Bertz CT molecular complexity index is 334. The summed E-state index contributed by atoms with van der Waals surface area (Å²) in [6.45, 7) is 2.27. The number of methoxy groups -OCH3 is 2. The first-order valence-electron chi connectivity index (χ1n) is 6.26. The molecule has 8 heteroatoms. The number of hydrogen-bond donors (Lipinski definition) is 3. The zero-order valence-corrected chi connectivity index (χ0v) is 12.0. The van der Waals surface area contributed by atoms with Gasteiger partial charge in [0.15, 0.2) is 0 Å². The van der Waals surface area contributed by atoms with Crippen LogP contribution < -0.4 is 10.6 Å². The third kappa shape index (κ3) is 8.30. The van der Waals surface area contributed by atoms with E-state index in [-0.39, 0.29) is 18.9 Å². The Morgan fingerprint density at radius 2 is 1.80 bits per heavy atom. The first-order valence-corrected chi connectivity index (χ1v) is 6.26. The quantitative estimate of drug-likeness (QED) is 0.520. The first-order chi connectivity index (χ1) is 9.40. The fourth-order valence-electron chi connectivity index (χ4n) is 1.41. The number of carboxylic acid groups (broad SMARTS) is 1. The van der Waals surface area contributed by atoms with Gasteiger partial charge in [-0.1, -0.05) is 0 Å². The second-order valence-corrected chi connectivity index (χ2v) is 4.31. The van der Waals surface area contributed by atoms with Gasteiger partial charge in [0.1, 0.15) is 6.04 Å². The smallest absolute Gasteiger partial charge is 0.326 e. The van der Waals surface area contributed by atoms with E-state index in [2.05, 4.69) is 15.4 Å². The summed E-state index contributed by atoms with van der Waals surface area (Å²) >= 11 is 0. The van der Waals surface area contributed by atoms with Gasteiger partial charge in [-0.25, -0.2) is 9.59 Å². The van der Waals surface area contributed by atoms with E-state index in [4.69, 9.17) is 9.84 Å². The molecule has 2 atom stereocenters. The highest BCUT2D eigenvalue weighted by molar-refractivity contribution is 5.83. The van der Waals surface area contributed by atoms with Crippen molar-refractivity contribution in [3.63, 3.8) is 0 Å². The van der Waals surface area contributed by atoms with Crippen LogP contribution in [-0.4, -0.2) is 56.0 Å². The van der Waals surface area contributed by atoms with Gasteiger partial charge in [0.05, 0.1) is 7.11 Å². The Kier molecular flexibility index (Phi) is 9.10. The summed E-state index contributed by atoms with van der Waals surface area (Å²) < 4.78 is 9.29. The van der Waals surface area contributed by atoms with Gasteiger partial charge in [-0.2, -0.15) is 0 Å². The zero-order valence-electron chi connectivity index (χ0n) is 12.0. The van der Waals surface area contributed by atoms with Gasteiger partial charge < -0.3 is 25.2 Å². The maximum atomic E-state index is 11.6. The SMILES string of the molecule is COCCC(C)NC(=O)N[C@H](CCC(=O)OC)C(=O)O. The van der Waals surface area contributed by atoms with Crippen LogP contribution in [0.1, 0.15) is 26.2 Å². The van der Waals surface area contributed by atoms with E-state index in [1.807, 2.05) is 0 Å². The highest BCUT2D eigenvalue weighted by Gasteiger charge is 2.21. The Balaban J connectivity index is 4.20. The average molecular weight is 290 g/mol. The van der Waals surface area contributed by atoms with Crippen LogP contribution in [0.15, 0.2) is 0 Å². The predicted molar refractivity (Wildman–Crippen MR) is 70.3 cm³/mol. The van der Waals surface area contributed by atoms with E-state index in [1.165, 1.54) is 7.11 Å². The molecule has 1 unspecified atom stereocenters. The molecule has 0 aliphatic carbocycles. The lowest BCUT2D eigenvalue weighted by molar-refractivity contribution is -0.142. The molecule has 0 saturated carbocycles. The minimum atomic E-state index is -1.20. The van der Waals surface area contributed by atoms with Gasteiger partial charge >= 0.3 is 18.0 Å². The van der Waals surface area contributed by atoms with Gasteiger partial charge in [0.25, 0.3) is 0 Å². The molecule has 3 N–H and O–H groups in total. The summed E-state index contributed by atoms with van der Waals surface area (Å²) in [5.41, 5.74) is 0. The summed E-state index contributed by atoms with van der Waals surface area (Å²) in [6, 6.07) is -1.88. The van der Waals surface area contributed by atoms with Crippen LogP contribution in [0.5, 0.6) is 0 Å². The lowest BCUT2D eigenvalue weighted by atomic mass is 10.1. The van der Waals surface area contributed by atoms with E-state index in [0.29, 0.717) is 13.0 Å². The van der Waals surface area contributed by atoms with Crippen LogP contribution in [0.3, 0.4) is 0 Å². The van der Waals surface area contributed by atoms with Crippen LogP contribution >= 0.6 is 0 Å². The molecule has 0 heterocycles. The van der Waals surface area contributed by atoms with Crippen molar-refractivity contribution in [3.8, 4) is 0 Å². The molecule has 0 aromatic rings. The van der Waals surface area contributed by atoms with Crippen molar-refractivity contribution in [3.05, 3.63) is 0 Å². The van der Waals surface area contributed by atoms with Gasteiger partial charge in [-0.3, -0.25) is 4.79 Å². The average Bonchev–Trinajstić information content (AvgIpc) is 2.40. The van der Waals surface area contributed by atoms with E-state index >= 15 is 0 Å². The maximum absolute atomic E-state index is 11.6. The van der Waals surface area contributed by atoms with Crippen LogP contribution in [-0.2, 0) is 19.1 Å². The lowest BCUT2D eigenvalue weighted by Gasteiger charge is -2.18. The molecule has 20 heavy (non-hydrogen) atoms. The molecular formula is C12H22N2O6. The number of aliphatic carboxylic acids is 1. The number of esters is 1. The highest BCUT2D eigenvalue weighted by atomic mass is 16.5. The summed E-state index contributed by atoms with van der Waals surface area (Å²) in [4.78, 5) is 33.5. The van der Waals surface area contributed by atoms with Crippen molar-refractivity contribution in [2.45, 2.75) is 38.3 Å². The van der Waals surface area contributed by atoms with Crippen molar-refractivity contribution in [1.29, 1.82) is 0 Å². The third-order valence-electron chi connectivity index (χ3n) is 2.60.